The molecule has 2 aliphatic rings. The number of hydrogen-bond acceptors (Lipinski definition) is 4. The fourth-order valence-electron chi connectivity index (χ4n) is 3.49. The smallest absolute Gasteiger partial charge is 0.255 e. The summed E-state index contributed by atoms with van der Waals surface area (Å²) in [5.74, 6) is 2.20. The molecule has 5 nitrogen and oxygen atoms in total. The van der Waals surface area contributed by atoms with Crippen molar-refractivity contribution < 1.29 is 14.3 Å². The molecule has 2 aromatic rings. The van der Waals surface area contributed by atoms with Gasteiger partial charge in [-0.25, -0.2) is 0 Å². The quantitative estimate of drug-likeness (QED) is 0.883. The molecule has 1 fully saturated rings. The molecule has 0 saturated carbocycles. The lowest BCUT2D eigenvalue weighted by atomic mass is 9.96. The molecule has 2 amide bonds. The molecule has 0 spiro atoms. The first-order chi connectivity index (χ1) is 13.2. The van der Waals surface area contributed by atoms with Crippen LogP contribution in [0.4, 0.5) is 0 Å². The fourth-order valence-corrected chi connectivity index (χ4v) is 4.65. The molecule has 0 bridgehead atoms. The maximum atomic E-state index is 12.7. The van der Waals surface area contributed by atoms with Gasteiger partial charge < -0.3 is 15.0 Å². The van der Waals surface area contributed by atoms with Crippen molar-refractivity contribution in [2.24, 2.45) is 5.92 Å². The van der Waals surface area contributed by atoms with E-state index in [1.807, 2.05) is 36.4 Å². The second-order valence-electron chi connectivity index (χ2n) is 6.89. The Balaban J connectivity index is 1.35. The largest absolute Gasteiger partial charge is 0.493 e. The number of amides is 2. The molecule has 2 aliphatic heterocycles. The second kappa shape index (κ2) is 8.05. The molecule has 2 heterocycles. The van der Waals surface area contributed by atoms with Crippen LogP contribution in [0.5, 0.6) is 5.75 Å². The normalized spacial score (nSPS) is 21.3. The van der Waals surface area contributed by atoms with Crippen LogP contribution in [0.1, 0.15) is 15.9 Å². The predicted molar refractivity (Wildman–Crippen MR) is 106 cm³/mol. The van der Waals surface area contributed by atoms with Crippen LogP contribution in [0.2, 0.25) is 0 Å². The van der Waals surface area contributed by atoms with Crippen LogP contribution in [0.3, 0.4) is 0 Å². The summed E-state index contributed by atoms with van der Waals surface area (Å²) in [6.45, 7) is 1.16. The third kappa shape index (κ3) is 3.95. The van der Waals surface area contributed by atoms with Crippen LogP contribution in [0, 0.1) is 5.92 Å². The summed E-state index contributed by atoms with van der Waals surface area (Å²) >= 11 is 1.61. The molecule has 0 radical (unpaired) electrons. The highest BCUT2D eigenvalue weighted by Gasteiger charge is 2.35. The summed E-state index contributed by atoms with van der Waals surface area (Å²) in [5.41, 5.74) is 1.80. The van der Waals surface area contributed by atoms with Gasteiger partial charge in [-0.2, -0.15) is 0 Å². The summed E-state index contributed by atoms with van der Waals surface area (Å²) in [4.78, 5) is 27.1. The maximum absolute atomic E-state index is 12.7. The van der Waals surface area contributed by atoms with E-state index in [1.165, 1.54) is 5.56 Å². The van der Waals surface area contributed by atoms with Crippen LogP contribution in [-0.4, -0.2) is 47.5 Å². The monoisotopic (exact) mass is 382 g/mol. The van der Waals surface area contributed by atoms with Gasteiger partial charge in [0, 0.05) is 23.8 Å². The summed E-state index contributed by atoms with van der Waals surface area (Å²) < 4.78 is 5.79. The van der Waals surface area contributed by atoms with Gasteiger partial charge in [0.1, 0.15) is 11.8 Å². The Morgan fingerprint density at radius 2 is 1.89 bits per heavy atom. The lowest BCUT2D eigenvalue weighted by Crippen LogP contribution is -2.48. The zero-order valence-electron chi connectivity index (χ0n) is 15.0. The van der Waals surface area contributed by atoms with E-state index in [-0.39, 0.29) is 17.7 Å². The van der Waals surface area contributed by atoms with E-state index in [2.05, 4.69) is 11.4 Å². The van der Waals surface area contributed by atoms with Crippen molar-refractivity contribution in [2.45, 2.75) is 12.5 Å². The number of rotatable bonds is 4. The van der Waals surface area contributed by atoms with E-state index in [1.54, 1.807) is 28.8 Å². The molecule has 0 aliphatic carbocycles. The van der Waals surface area contributed by atoms with Gasteiger partial charge in [-0.05, 0) is 30.2 Å². The summed E-state index contributed by atoms with van der Waals surface area (Å²) in [6, 6.07) is 16.7. The first kappa shape index (κ1) is 17.9. The zero-order chi connectivity index (χ0) is 18.6. The Kier molecular flexibility index (Phi) is 5.34. The number of hydrogen-bond donors (Lipinski definition) is 1. The Morgan fingerprint density at radius 3 is 2.74 bits per heavy atom. The van der Waals surface area contributed by atoms with Gasteiger partial charge in [0.05, 0.1) is 12.5 Å². The maximum Gasteiger partial charge on any atom is 0.255 e. The number of thioether (sulfide) groups is 1. The number of para-hydroxylation sites is 1. The molecule has 2 atom stereocenters. The van der Waals surface area contributed by atoms with Gasteiger partial charge in [-0.1, -0.05) is 36.4 Å². The molecule has 2 unspecified atom stereocenters. The van der Waals surface area contributed by atoms with E-state index in [4.69, 9.17) is 4.74 Å². The molecule has 4 rings (SSSR count). The third-order valence-corrected chi connectivity index (χ3v) is 6.00. The summed E-state index contributed by atoms with van der Waals surface area (Å²) in [5, 5.41) is 3.04. The molecule has 140 valence electrons. The van der Waals surface area contributed by atoms with Gasteiger partial charge in [0.25, 0.3) is 5.91 Å². The second-order valence-corrected chi connectivity index (χ2v) is 7.89. The number of carbonyl (C=O) groups excluding carboxylic acids is 2. The Hall–Kier alpha value is -2.47. The Labute approximate surface area is 163 Å². The Bertz CT molecular complexity index is 827. The number of carbonyl (C=O) groups is 2. The van der Waals surface area contributed by atoms with E-state index < -0.39 is 6.04 Å². The first-order valence-corrected chi connectivity index (χ1v) is 10.3. The minimum atomic E-state index is -0.417. The van der Waals surface area contributed by atoms with Gasteiger partial charge in [0.2, 0.25) is 5.91 Å². The predicted octanol–water partition coefficient (Wildman–Crippen LogP) is 2.57. The average Bonchev–Trinajstić information content (AvgIpc) is 3.22. The molecular weight excluding hydrogens is 360 g/mol. The summed E-state index contributed by atoms with van der Waals surface area (Å²) in [7, 11) is 0. The topological polar surface area (TPSA) is 58.6 Å². The summed E-state index contributed by atoms with van der Waals surface area (Å²) in [6.07, 6.45) is 0.891. The van der Waals surface area contributed by atoms with Crippen molar-refractivity contribution in [3.8, 4) is 5.75 Å². The van der Waals surface area contributed by atoms with E-state index in [0.717, 1.165) is 12.2 Å². The van der Waals surface area contributed by atoms with Crippen LogP contribution in [-0.2, 0) is 11.2 Å². The number of ether oxygens (including phenoxy) is 1. The number of benzene rings is 2. The molecule has 1 saturated heterocycles. The van der Waals surface area contributed by atoms with Crippen LogP contribution < -0.4 is 10.1 Å². The van der Waals surface area contributed by atoms with Crippen LogP contribution >= 0.6 is 11.8 Å². The van der Waals surface area contributed by atoms with E-state index in [0.29, 0.717) is 30.3 Å². The molecule has 27 heavy (non-hydrogen) atoms. The fraction of sp³-hybridized carbons (Fsp3) is 0.333. The number of nitrogens with one attached hydrogen (secondary N) is 1. The van der Waals surface area contributed by atoms with E-state index in [9.17, 15) is 9.59 Å². The number of nitrogens with zero attached hydrogens (tertiary/aromatic N) is 1. The van der Waals surface area contributed by atoms with Crippen molar-refractivity contribution in [1.29, 1.82) is 0 Å². The lowest BCUT2D eigenvalue weighted by Gasteiger charge is -2.27. The highest BCUT2D eigenvalue weighted by atomic mass is 32.2. The molecule has 1 N–H and O–H groups in total. The van der Waals surface area contributed by atoms with Gasteiger partial charge in [-0.15, -0.1) is 11.8 Å². The molecule has 2 aromatic carbocycles. The van der Waals surface area contributed by atoms with Crippen molar-refractivity contribution >= 4 is 23.6 Å². The van der Waals surface area contributed by atoms with Crippen molar-refractivity contribution in [3.63, 3.8) is 0 Å². The van der Waals surface area contributed by atoms with Crippen molar-refractivity contribution in [1.82, 2.24) is 10.2 Å². The van der Waals surface area contributed by atoms with Crippen LogP contribution in [0.25, 0.3) is 0 Å². The molecular formula is C21H22N2O3S. The highest BCUT2D eigenvalue weighted by Crippen LogP contribution is 2.27. The first-order valence-electron chi connectivity index (χ1n) is 9.14. The minimum Gasteiger partial charge on any atom is -0.493 e. The zero-order valence-corrected chi connectivity index (χ0v) is 15.8. The van der Waals surface area contributed by atoms with Crippen LogP contribution in [0.15, 0.2) is 54.6 Å². The highest BCUT2D eigenvalue weighted by molar-refractivity contribution is 7.99. The van der Waals surface area contributed by atoms with Crippen molar-refractivity contribution in [3.05, 3.63) is 65.7 Å². The average molecular weight is 382 g/mol. The SMILES string of the molecule is O=C(NCC1COc2ccccc2C1)C1CSCN1C(=O)c1ccccc1. The number of fused-ring (bicyclic) bond motifs is 1. The van der Waals surface area contributed by atoms with Gasteiger partial charge >= 0.3 is 0 Å². The molecule has 0 aromatic heterocycles. The van der Waals surface area contributed by atoms with Crippen molar-refractivity contribution in [2.75, 3.05) is 24.8 Å². The molecule has 6 heteroatoms. The van der Waals surface area contributed by atoms with E-state index >= 15 is 0 Å². The van der Waals surface area contributed by atoms with Gasteiger partial charge in [-0.3, -0.25) is 9.59 Å². The third-order valence-electron chi connectivity index (χ3n) is 4.99. The Morgan fingerprint density at radius 1 is 1.11 bits per heavy atom. The minimum absolute atomic E-state index is 0.0804. The standard InChI is InChI=1S/C21H22N2O3S/c24-20(22-11-15-10-17-8-4-5-9-19(17)26-12-15)18-13-27-14-23(18)21(25)16-6-2-1-3-7-16/h1-9,15,18H,10-14H2,(H,22,24). The lowest BCUT2D eigenvalue weighted by molar-refractivity contribution is -0.124. The van der Waals surface area contributed by atoms with Gasteiger partial charge in [0.15, 0.2) is 0 Å².